The number of rotatable bonds is 8. The second kappa shape index (κ2) is 11.9. The number of hydrogen-bond acceptors (Lipinski definition) is 6. The van der Waals surface area contributed by atoms with Gasteiger partial charge in [-0.2, -0.15) is 5.10 Å². The molecule has 0 aliphatic heterocycles. The van der Waals surface area contributed by atoms with Crippen LogP contribution in [-0.2, 0) is 10.0 Å². The van der Waals surface area contributed by atoms with Gasteiger partial charge in [-0.1, -0.05) is 47.5 Å². The van der Waals surface area contributed by atoms with Gasteiger partial charge < -0.3 is 4.74 Å². The number of hydrazone groups is 1. The lowest BCUT2D eigenvalue weighted by Gasteiger charge is -2.11. The van der Waals surface area contributed by atoms with Crippen molar-refractivity contribution in [2.24, 2.45) is 5.10 Å². The van der Waals surface area contributed by atoms with Crippen molar-refractivity contribution >= 4 is 57.0 Å². The molecule has 0 radical (unpaired) electrons. The molecule has 0 saturated heterocycles. The number of anilines is 1. The molecule has 4 rings (SSSR count). The molecule has 2 N–H and O–H groups in total. The molecule has 0 aliphatic carbocycles. The van der Waals surface area contributed by atoms with Gasteiger partial charge in [-0.3, -0.25) is 9.52 Å². The van der Waals surface area contributed by atoms with Crippen LogP contribution >= 0.6 is 23.2 Å². The molecule has 1 amide bonds. The summed E-state index contributed by atoms with van der Waals surface area (Å²) >= 11 is 11.7. The predicted octanol–water partition coefficient (Wildman–Crippen LogP) is 5.78. The number of para-hydroxylation sites is 1. The molecule has 0 bridgehead atoms. The van der Waals surface area contributed by atoms with Gasteiger partial charge in [0, 0.05) is 10.0 Å². The Morgan fingerprint density at radius 2 is 1.47 bits per heavy atom. The summed E-state index contributed by atoms with van der Waals surface area (Å²) in [7, 11) is -3.96. The maximum absolute atomic E-state index is 12.8. The second-order valence-electron chi connectivity index (χ2n) is 7.77. The number of sulfonamides is 1. The third-order valence-electron chi connectivity index (χ3n) is 5.07. The van der Waals surface area contributed by atoms with Gasteiger partial charge in [-0.25, -0.2) is 18.6 Å². The summed E-state index contributed by atoms with van der Waals surface area (Å²) in [5, 5.41) is 4.84. The van der Waals surface area contributed by atoms with Gasteiger partial charge >= 0.3 is 5.97 Å². The number of benzene rings is 4. The SMILES string of the molecule is O=C(Oc1cccc(/C=N\NC(=O)c2ccccc2NS(=O)(=O)c2ccc(Cl)cc2)c1)c1ccc(Cl)cc1. The van der Waals surface area contributed by atoms with Crippen molar-refractivity contribution in [1.82, 2.24) is 5.43 Å². The summed E-state index contributed by atoms with van der Waals surface area (Å²) < 4.78 is 33.3. The molecule has 0 aromatic heterocycles. The Hall–Kier alpha value is -4.18. The molecule has 11 heteroatoms. The highest BCUT2D eigenvalue weighted by atomic mass is 35.5. The fourth-order valence-electron chi connectivity index (χ4n) is 3.22. The highest BCUT2D eigenvalue weighted by molar-refractivity contribution is 7.92. The van der Waals surface area contributed by atoms with Crippen LogP contribution in [-0.4, -0.2) is 26.5 Å². The van der Waals surface area contributed by atoms with Gasteiger partial charge in [0.25, 0.3) is 15.9 Å². The molecular weight excluding hydrogens is 549 g/mol. The van der Waals surface area contributed by atoms with E-state index in [0.717, 1.165) is 0 Å². The molecule has 0 atom stereocenters. The van der Waals surface area contributed by atoms with E-state index in [-0.39, 0.29) is 21.9 Å². The zero-order valence-electron chi connectivity index (χ0n) is 19.5. The van der Waals surface area contributed by atoms with E-state index in [9.17, 15) is 18.0 Å². The van der Waals surface area contributed by atoms with Crippen LogP contribution in [0, 0.1) is 0 Å². The van der Waals surface area contributed by atoms with Gasteiger partial charge in [0.1, 0.15) is 5.75 Å². The number of esters is 1. The topological polar surface area (TPSA) is 114 Å². The fourth-order valence-corrected chi connectivity index (χ4v) is 4.56. The quantitative estimate of drug-likeness (QED) is 0.121. The Morgan fingerprint density at radius 3 is 2.18 bits per heavy atom. The molecule has 192 valence electrons. The van der Waals surface area contributed by atoms with Crippen LogP contribution in [0.2, 0.25) is 10.0 Å². The Kier molecular flexibility index (Phi) is 8.42. The summed E-state index contributed by atoms with van der Waals surface area (Å²) in [6.07, 6.45) is 1.36. The highest BCUT2D eigenvalue weighted by Gasteiger charge is 2.18. The first-order valence-electron chi connectivity index (χ1n) is 11.0. The number of carbonyl (C=O) groups excluding carboxylic acids is 2. The summed E-state index contributed by atoms with van der Waals surface area (Å²) in [6.45, 7) is 0. The molecule has 0 aliphatic rings. The lowest BCUT2D eigenvalue weighted by molar-refractivity contribution is 0.0734. The average Bonchev–Trinajstić information content (AvgIpc) is 2.89. The average molecular weight is 568 g/mol. The minimum Gasteiger partial charge on any atom is -0.423 e. The van der Waals surface area contributed by atoms with Gasteiger partial charge in [0.2, 0.25) is 0 Å². The second-order valence-corrected chi connectivity index (χ2v) is 10.3. The first-order chi connectivity index (χ1) is 18.2. The Morgan fingerprint density at radius 1 is 0.816 bits per heavy atom. The molecule has 4 aromatic carbocycles. The van der Waals surface area contributed by atoms with Crippen molar-refractivity contribution in [3.05, 3.63) is 124 Å². The summed E-state index contributed by atoms with van der Waals surface area (Å²) in [5.41, 5.74) is 3.39. The van der Waals surface area contributed by atoms with E-state index in [1.54, 1.807) is 60.7 Å². The molecule has 0 spiro atoms. The Bertz CT molecular complexity index is 1610. The molecule has 0 saturated carbocycles. The van der Waals surface area contributed by atoms with Crippen LogP contribution in [0.4, 0.5) is 5.69 Å². The zero-order valence-corrected chi connectivity index (χ0v) is 21.8. The number of amides is 1. The molecule has 0 fully saturated rings. The van der Waals surface area contributed by atoms with E-state index in [2.05, 4.69) is 15.2 Å². The molecule has 0 unspecified atom stereocenters. The maximum Gasteiger partial charge on any atom is 0.343 e. The standard InChI is InChI=1S/C27H19Cl2N3O5S/c28-20-10-8-19(9-11-20)27(34)37-22-5-3-4-18(16-22)17-30-31-26(33)24-6-1-2-7-25(24)32-38(35,36)23-14-12-21(29)13-15-23/h1-17,32H,(H,31,33)/b30-17-. The van der Waals surface area contributed by atoms with Crippen LogP contribution in [0.5, 0.6) is 5.75 Å². The fraction of sp³-hybridized carbons (Fsp3) is 0. The molecule has 0 heterocycles. The number of nitrogens with one attached hydrogen (secondary N) is 2. The zero-order chi connectivity index (χ0) is 27.1. The van der Waals surface area contributed by atoms with Crippen LogP contribution in [0.1, 0.15) is 26.3 Å². The molecule has 4 aromatic rings. The van der Waals surface area contributed by atoms with Crippen molar-refractivity contribution in [1.29, 1.82) is 0 Å². The van der Waals surface area contributed by atoms with Crippen molar-refractivity contribution in [2.75, 3.05) is 4.72 Å². The first kappa shape index (κ1) is 26.9. The van der Waals surface area contributed by atoms with Gasteiger partial charge in [-0.15, -0.1) is 0 Å². The Balaban J connectivity index is 1.42. The first-order valence-corrected chi connectivity index (χ1v) is 13.2. The molecular formula is C27H19Cl2N3O5S. The summed E-state index contributed by atoms with van der Waals surface area (Å²) in [6, 6.07) is 24.6. The van der Waals surface area contributed by atoms with Crippen molar-refractivity contribution in [2.45, 2.75) is 4.90 Å². The lowest BCUT2D eigenvalue weighted by Crippen LogP contribution is -2.21. The van der Waals surface area contributed by atoms with Crippen LogP contribution in [0.3, 0.4) is 0 Å². The summed E-state index contributed by atoms with van der Waals surface area (Å²) in [5.74, 6) is -0.912. The van der Waals surface area contributed by atoms with Gasteiger partial charge in [0.15, 0.2) is 0 Å². The number of hydrogen-bond donors (Lipinski definition) is 2. The predicted molar refractivity (Wildman–Crippen MR) is 147 cm³/mol. The minimum atomic E-state index is -3.96. The van der Waals surface area contributed by atoms with E-state index in [1.165, 1.54) is 42.6 Å². The van der Waals surface area contributed by atoms with Crippen LogP contribution in [0.25, 0.3) is 0 Å². The van der Waals surface area contributed by atoms with Gasteiger partial charge in [-0.05, 0) is 78.4 Å². The maximum atomic E-state index is 12.8. The molecule has 8 nitrogen and oxygen atoms in total. The third-order valence-corrected chi connectivity index (χ3v) is 6.95. The van der Waals surface area contributed by atoms with E-state index in [1.807, 2.05) is 0 Å². The van der Waals surface area contributed by atoms with E-state index in [0.29, 0.717) is 21.2 Å². The monoisotopic (exact) mass is 567 g/mol. The number of carbonyl (C=O) groups is 2. The Labute approximate surface area is 228 Å². The van der Waals surface area contributed by atoms with Crippen molar-refractivity contribution in [3.8, 4) is 5.75 Å². The highest BCUT2D eigenvalue weighted by Crippen LogP contribution is 2.22. The summed E-state index contributed by atoms with van der Waals surface area (Å²) in [4.78, 5) is 25.1. The van der Waals surface area contributed by atoms with Crippen LogP contribution in [0.15, 0.2) is 107 Å². The van der Waals surface area contributed by atoms with Crippen LogP contribution < -0.4 is 14.9 Å². The molecule has 38 heavy (non-hydrogen) atoms. The number of nitrogens with zero attached hydrogens (tertiary/aromatic N) is 1. The lowest BCUT2D eigenvalue weighted by atomic mass is 10.2. The van der Waals surface area contributed by atoms with Crippen molar-refractivity contribution in [3.63, 3.8) is 0 Å². The normalized spacial score (nSPS) is 11.2. The third kappa shape index (κ3) is 6.98. The van der Waals surface area contributed by atoms with E-state index >= 15 is 0 Å². The van der Waals surface area contributed by atoms with E-state index in [4.69, 9.17) is 27.9 Å². The van der Waals surface area contributed by atoms with E-state index < -0.39 is 21.9 Å². The smallest absolute Gasteiger partial charge is 0.343 e. The van der Waals surface area contributed by atoms with Crippen molar-refractivity contribution < 1.29 is 22.7 Å². The van der Waals surface area contributed by atoms with Gasteiger partial charge in [0.05, 0.1) is 27.9 Å². The largest absolute Gasteiger partial charge is 0.423 e. The number of ether oxygens (including phenoxy) is 1. The number of halogens is 2. The minimum absolute atomic E-state index is 0.00761.